The van der Waals surface area contributed by atoms with Gasteiger partial charge in [-0.2, -0.15) is 0 Å². The minimum atomic E-state index is -2.16. The molecule has 0 aromatic heterocycles. The van der Waals surface area contributed by atoms with E-state index in [1.165, 1.54) is 0 Å². The lowest BCUT2D eigenvalue weighted by Gasteiger charge is -2.48. The van der Waals surface area contributed by atoms with E-state index in [1.54, 1.807) is 44.2 Å². The number of hydrogen-bond acceptors (Lipinski definition) is 6. The van der Waals surface area contributed by atoms with Gasteiger partial charge in [-0.05, 0) is 66.2 Å². The largest absolute Gasteiger partial charge is 0.451 e. The molecule has 1 aromatic rings. The minimum absolute atomic E-state index is 0.0501. The molecule has 5 rings (SSSR count). The lowest BCUT2D eigenvalue weighted by molar-refractivity contribution is -0.190. The number of aliphatic hydroxyl groups excluding tert-OH is 2. The highest BCUT2D eigenvalue weighted by molar-refractivity contribution is 6.33. The van der Waals surface area contributed by atoms with Gasteiger partial charge in [-0.1, -0.05) is 56.7 Å². The number of carbonyl (C=O) groups excluding carboxylic acids is 2. The predicted molar refractivity (Wildman–Crippen MR) is 131 cm³/mol. The highest BCUT2D eigenvalue weighted by Gasteiger charge is 2.76. The fraction of sp³-hybridized carbons (Fsp3) is 0.571. The number of allylic oxidation sites excluding steroid dienone is 1. The van der Waals surface area contributed by atoms with Crippen molar-refractivity contribution in [3.8, 4) is 0 Å². The Hall–Kier alpha value is -1.99. The Morgan fingerprint density at radius 2 is 1.94 bits per heavy atom. The van der Waals surface area contributed by atoms with Gasteiger partial charge in [-0.25, -0.2) is 4.79 Å². The van der Waals surface area contributed by atoms with Crippen molar-refractivity contribution >= 4 is 23.4 Å². The van der Waals surface area contributed by atoms with Crippen LogP contribution in [0.4, 0.5) is 0 Å². The van der Waals surface area contributed by atoms with Crippen molar-refractivity contribution in [2.45, 2.75) is 58.8 Å². The number of fused-ring (bicyclic) bond motifs is 3. The van der Waals surface area contributed by atoms with Crippen LogP contribution in [-0.4, -0.2) is 51.5 Å². The van der Waals surface area contributed by atoms with E-state index in [0.29, 0.717) is 17.6 Å². The van der Waals surface area contributed by atoms with E-state index in [9.17, 15) is 24.9 Å². The molecule has 1 aromatic carbocycles. The Morgan fingerprint density at radius 1 is 1.26 bits per heavy atom. The van der Waals surface area contributed by atoms with Gasteiger partial charge in [0.15, 0.2) is 17.5 Å². The molecule has 2 saturated carbocycles. The molecule has 2 bridgehead atoms. The van der Waals surface area contributed by atoms with Crippen molar-refractivity contribution in [3.63, 3.8) is 0 Å². The van der Waals surface area contributed by atoms with E-state index in [-0.39, 0.29) is 45.1 Å². The molecule has 1 spiro atoms. The summed E-state index contributed by atoms with van der Waals surface area (Å²) in [4.78, 5) is 27.7. The molecule has 0 radical (unpaired) electrons. The highest BCUT2D eigenvalue weighted by atomic mass is 35.5. The van der Waals surface area contributed by atoms with E-state index >= 15 is 0 Å². The van der Waals surface area contributed by atoms with Crippen LogP contribution in [0.2, 0.25) is 5.02 Å². The zero-order chi connectivity index (χ0) is 25.7. The van der Waals surface area contributed by atoms with Gasteiger partial charge in [0.2, 0.25) is 0 Å². The molecule has 0 aliphatic heterocycles. The Balaban J connectivity index is 1.65. The molecule has 1 unspecified atom stereocenters. The molecule has 4 aliphatic carbocycles. The van der Waals surface area contributed by atoms with Crippen LogP contribution in [0.3, 0.4) is 0 Å². The van der Waals surface area contributed by atoms with Gasteiger partial charge >= 0.3 is 5.97 Å². The third-order valence-electron chi connectivity index (χ3n) is 9.55. The maximum Gasteiger partial charge on any atom is 0.340 e. The first kappa shape index (κ1) is 24.7. The van der Waals surface area contributed by atoms with Crippen molar-refractivity contribution in [3.05, 3.63) is 57.6 Å². The van der Waals surface area contributed by atoms with Crippen LogP contribution in [0.25, 0.3) is 0 Å². The summed E-state index contributed by atoms with van der Waals surface area (Å²) in [7, 11) is 0. The molecule has 4 aliphatic rings. The van der Waals surface area contributed by atoms with Gasteiger partial charge in [0.05, 0.1) is 22.6 Å². The number of hydrogen-bond donors (Lipinski definition) is 3. The summed E-state index contributed by atoms with van der Waals surface area (Å²) in [5, 5.41) is 34.4. The number of ether oxygens (including phenoxy) is 1. The average molecular weight is 501 g/mol. The van der Waals surface area contributed by atoms with E-state index in [0.717, 1.165) is 0 Å². The number of esters is 1. The molecule has 0 saturated heterocycles. The predicted octanol–water partition coefficient (Wildman–Crippen LogP) is 3.64. The van der Waals surface area contributed by atoms with Crippen LogP contribution in [0.15, 0.2) is 41.5 Å². The lowest BCUT2D eigenvalue weighted by Crippen LogP contribution is -2.65. The van der Waals surface area contributed by atoms with Gasteiger partial charge in [-0.15, -0.1) is 0 Å². The number of carbonyl (C=O) groups is 2. The Kier molecular flexibility index (Phi) is 5.47. The third kappa shape index (κ3) is 3.00. The maximum absolute atomic E-state index is 14.4. The highest BCUT2D eigenvalue weighted by Crippen LogP contribution is 2.71. The van der Waals surface area contributed by atoms with Crippen molar-refractivity contribution in [1.29, 1.82) is 0 Å². The van der Waals surface area contributed by atoms with E-state index in [2.05, 4.69) is 13.8 Å². The monoisotopic (exact) mass is 500 g/mol. The van der Waals surface area contributed by atoms with Crippen molar-refractivity contribution in [2.24, 2.45) is 34.5 Å². The van der Waals surface area contributed by atoms with Gasteiger partial charge in [0, 0.05) is 5.92 Å². The molecule has 0 heterocycles. The summed E-state index contributed by atoms with van der Waals surface area (Å²) in [6, 6.07) is 5.05. The Morgan fingerprint density at radius 3 is 2.57 bits per heavy atom. The number of Topliss-reactive ketones (excluding diaryl/α,β-unsaturated/α-hetero) is 1. The normalized spacial score (nSPS) is 41.1. The van der Waals surface area contributed by atoms with Crippen LogP contribution in [0.1, 0.15) is 50.0 Å². The fourth-order valence-electron chi connectivity index (χ4n) is 7.65. The summed E-state index contributed by atoms with van der Waals surface area (Å²) in [6.07, 6.45) is 1.20. The van der Waals surface area contributed by atoms with Crippen LogP contribution in [0, 0.1) is 41.4 Å². The standard InChI is InChI=1S/C28H33ClO6/c1-13-7-6-8-19(29)20(13)25(33)35-24-14(2)11-27-15(3)9-18-21(26(18,4)5)17(23(27)32)10-16(12-30)22(31)28(24,27)34/h6-8,10-11,15,17-18,21-22,24,30-31,34H,9,12H2,1-5H3/t15-,17?,18-,21+,22-,24+,27+,28+/m1/s1. The van der Waals surface area contributed by atoms with Crippen LogP contribution in [-0.2, 0) is 9.53 Å². The maximum atomic E-state index is 14.4. The van der Waals surface area contributed by atoms with Crippen molar-refractivity contribution in [1.82, 2.24) is 0 Å². The van der Waals surface area contributed by atoms with Crippen molar-refractivity contribution in [2.75, 3.05) is 6.61 Å². The van der Waals surface area contributed by atoms with E-state index in [1.807, 2.05) is 6.92 Å². The smallest absolute Gasteiger partial charge is 0.340 e. The molecule has 0 amide bonds. The van der Waals surface area contributed by atoms with Gasteiger partial charge in [0.1, 0.15) is 6.10 Å². The number of aliphatic hydroxyl groups is 3. The first-order chi connectivity index (χ1) is 16.3. The number of ketones is 1. The summed E-state index contributed by atoms with van der Waals surface area (Å²) in [6.45, 7) is 9.15. The van der Waals surface area contributed by atoms with Crippen LogP contribution >= 0.6 is 11.6 Å². The van der Waals surface area contributed by atoms with E-state index < -0.39 is 41.7 Å². The second kappa shape index (κ2) is 7.75. The molecule has 6 nitrogen and oxygen atoms in total. The Bertz CT molecular complexity index is 1160. The number of aryl methyl sites for hydroxylation is 1. The molecular weight excluding hydrogens is 468 g/mol. The molecule has 8 atom stereocenters. The molecule has 188 valence electrons. The van der Waals surface area contributed by atoms with Crippen LogP contribution in [0.5, 0.6) is 0 Å². The topological polar surface area (TPSA) is 104 Å². The zero-order valence-corrected chi connectivity index (χ0v) is 21.5. The molecular formula is C28H33ClO6. The second-order valence-corrected chi connectivity index (χ2v) is 12.0. The summed E-state index contributed by atoms with van der Waals surface area (Å²) in [5.74, 6) is -1.44. The molecule has 2 fully saturated rings. The quantitative estimate of drug-likeness (QED) is 0.432. The van der Waals surface area contributed by atoms with Gasteiger partial charge < -0.3 is 20.1 Å². The van der Waals surface area contributed by atoms with E-state index in [4.69, 9.17) is 16.3 Å². The summed E-state index contributed by atoms with van der Waals surface area (Å²) in [5.41, 5.74) is -2.21. The first-order valence-corrected chi connectivity index (χ1v) is 12.6. The van der Waals surface area contributed by atoms with Gasteiger partial charge in [-0.3, -0.25) is 4.79 Å². The molecule has 3 N–H and O–H groups in total. The summed E-state index contributed by atoms with van der Waals surface area (Å²) >= 11 is 6.29. The SMILES string of the molecule is CC1=C[C@]23C(=O)C(C=C(CO)[C@@H](O)[C@]2(O)[C@H]1OC(=O)c1c(C)cccc1Cl)[C@H]1[C@@H](C[C@H]3C)C1(C)C. The lowest BCUT2D eigenvalue weighted by atomic mass is 9.59. The summed E-state index contributed by atoms with van der Waals surface area (Å²) < 4.78 is 5.90. The third-order valence-corrected chi connectivity index (χ3v) is 9.86. The molecule has 7 heteroatoms. The first-order valence-electron chi connectivity index (χ1n) is 12.3. The fourth-order valence-corrected chi connectivity index (χ4v) is 7.95. The average Bonchev–Trinajstić information content (AvgIpc) is 3.27. The van der Waals surface area contributed by atoms with Crippen LogP contribution < -0.4 is 0 Å². The number of halogens is 1. The number of benzene rings is 1. The van der Waals surface area contributed by atoms with Gasteiger partial charge in [0.25, 0.3) is 0 Å². The molecule has 35 heavy (non-hydrogen) atoms. The Labute approximate surface area is 210 Å². The zero-order valence-electron chi connectivity index (χ0n) is 20.7. The number of rotatable bonds is 3. The van der Waals surface area contributed by atoms with Crippen molar-refractivity contribution < 1.29 is 29.6 Å². The second-order valence-electron chi connectivity index (χ2n) is 11.6. The minimum Gasteiger partial charge on any atom is -0.451 e.